The first-order valence-electron chi connectivity index (χ1n) is 8.90. The Morgan fingerprint density at radius 1 is 1.19 bits per heavy atom. The summed E-state index contributed by atoms with van der Waals surface area (Å²) in [6.07, 6.45) is 1.57. The average molecular weight is 352 g/mol. The highest BCUT2D eigenvalue weighted by atomic mass is 16.5. The summed E-state index contributed by atoms with van der Waals surface area (Å²) in [5.41, 5.74) is 4.76. The molecule has 0 radical (unpaired) electrons. The second-order valence-electron chi connectivity index (χ2n) is 6.33. The van der Waals surface area contributed by atoms with Crippen LogP contribution in [-0.4, -0.2) is 20.6 Å². The summed E-state index contributed by atoms with van der Waals surface area (Å²) in [4.78, 5) is 17.1. The number of nitrogens with one attached hydrogen (secondary N) is 1. The van der Waals surface area contributed by atoms with Gasteiger partial charge in [-0.2, -0.15) is 4.98 Å². The van der Waals surface area contributed by atoms with Crippen LogP contribution in [0.25, 0.3) is 11.6 Å². The summed E-state index contributed by atoms with van der Waals surface area (Å²) in [6.45, 7) is 8.20. The van der Waals surface area contributed by atoms with Crippen LogP contribution in [0.4, 0.5) is 5.69 Å². The zero-order valence-corrected chi connectivity index (χ0v) is 15.7. The maximum atomic E-state index is 12.7. The van der Waals surface area contributed by atoms with E-state index in [4.69, 9.17) is 4.52 Å². The van der Waals surface area contributed by atoms with Crippen molar-refractivity contribution in [1.29, 1.82) is 0 Å². The third kappa shape index (κ3) is 3.54. The van der Waals surface area contributed by atoms with Gasteiger partial charge in [-0.15, -0.1) is 0 Å². The molecule has 3 aromatic rings. The summed E-state index contributed by atoms with van der Waals surface area (Å²) in [7, 11) is 0. The zero-order valence-electron chi connectivity index (χ0n) is 15.7. The lowest BCUT2D eigenvalue weighted by Gasteiger charge is -2.12. The first-order valence-corrected chi connectivity index (χ1v) is 8.90. The standard InChI is InChI=1S/C20H24N4O2/c1-5-15-9-7-8-10-16(15)21-18(25)12-24-14(4)11-13(3)19(24)20-22-17(6-2)23-26-20/h7-11H,5-6,12H2,1-4H3,(H,21,25). The number of anilines is 1. The Kier molecular flexibility index (Phi) is 5.21. The van der Waals surface area contributed by atoms with Crippen LogP contribution in [0, 0.1) is 13.8 Å². The first-order chi connectivity index (χ1) is 12.5. The van der Waals surface area contributed by atoms with E-state index in [9.17, 15) is 4.79 Å². The number of rotatable bonds is 6. The highest BCUT2D eigenvalue weighted by molar-refractivity contribution is 5.91. The summed E-state index contributed by atoms with van der Waals surface area (Å²) in [5, 5.41) is 6.99. The molecule has 6 nitrogen and oxygen atoms in total. The van der Waals surface area contributed by atoms with E-state index in [2.05, 4.69) is 22.4 Å². The van der Waals surface area contributed by atoms with Crippen LogP contribution in [0.2, 0.25) is 0 Å². The van der Waals surface area contributed by atoms with Gasteiger partial charge in [0.2, 0.25) is 5.91 Å². The van der Waals surface area contributed by atoms with Crippen LogP contribution in [0.1, 0.15) is 36.5 Å². The second-order valence-corrected chi connectivity index (χ2v) is 6.33. The number of carbonyl (C=O) groups excluding carboxylic acids is 1. The Morgan fingerprint density at radius 2 is 1.96 bits per heavy atom. The fraction of sp³-hybridized carbons (Fsp3) is 0.350. The van der Waals surface area contributed by atoms with E-state index < -0.39 is 0 Å². The third-order valence-electron chi connectivity index (χ3n) is 4.46. The normalized spacial score (nSPS) is 10.9. The number of aromatic nitrogens is 3. The highest BCUT2D eigenvalue weighted by Crippen LogP contribution is 2.26. The Balaban J connectivity index is 1.86. The van der Waals surface area contributed by atoms with Gasteiger partial charge in [-0.05, 0) is 43.5 Å². The molecular formula is C20H24N4O2. The lowest BCUT2D eigenvalue weighted by Crippen LogP contribution is -2.20. The van der Waals surface area contributed by atoms with Gasteiger partial charge in [0, 0.05) is 17.8 Å². The van der Waals surface area contributed by atoms with Crippen LogP contribution < -0.4 is 5.32 Å². The van der Waals surface area contributed by atoms with Crippen LogP contribution in [0.3, 0.4) is 0 Å². The Bertz CT molecular complexity index is 924. The van der Waals surface area contributed by atoms with E-state index in [-0.39, 0.29) is 12.5 Å². The predicted octanol–water partition coefficient (Wildman–Crippen LogP) is 3.92. The first kappa shape index (κ1) is 17.9. The molecule has 0 spiro atoms. The molecule has 0 fully saturated rings. The van der Waals surface area contributed by atoms with Crippen molar-refractivity contribution in [3.05, 3.63) is 53.0 Å². The average Bonchev–Trinajstić information content (AvgIpc) is 3.19. The van der Waals surface area contributed by atoms with Crippen molar-refractivity contribution in [3.8, 4) is 11.6 Å². The number of hydrogen-bond acceptors (Lipinski definition) is 4. The summed E-state index contributed by atoms with van der Waals surface area (Å²) >= 11 is 0. The molecule has 0 unspecified atom stereocenters. The minimum absolute atomic E-state index is 0.0823. The molecule has 3 rings (SSSR count). The molecular weight excluding hydrogens is 328 g/mol. The predicted molar refractivity (Wildman–Crippen MR) is 101 cm³/mol. The van der Waals surface area contributed by atoms with Crippen molar-refractivity contribution in [1.82, 2.24) is 14.7 Å². The summed E-state index contributed by atoms with van der Waals surface area (Å²) < 4.78 is 7.32. The van der Waals surface area contributed by atoms with Crippen molar-refractivity contribution >= 4 is 11.6 Å². The maximum Gasteiger partial charge on any atom is 0.274 e. The molecule has 2 heterocycles. The van der Waals surface area contributed by atoms with Crippen LogP contribution in [-0.2, 0) is 24.2 Å². The molecule has 136 valence electrons. The molecule has 1 amide bonds. The number of amides is 1. The summed E-state index contributed by atoms with van der Waals surface area (Å²) in [6, 6.07) is 9.88. The van der Waals surface area contributed by atoms with Gasteiger partial charge in [0.15, 0.2) is 5.82 Å². The second kappa shape index (κ2) is 7.56. The largest absolute Gasteiger partial charge is 0.332 e. The van der Waals surface area contributed by atoms with E-state index >= 15 is 0 Å². The van der Waals surface area contributed by atoms with Gasteiger partial charge in [-0.25, -0.2) is 0 Å². The molecule has 6 heteroatoms. The third-order valence-corrected chi connectivity index (χ3v) is 4.46. The number of aryl methyl sites for hydroxylation is 4. The van der Waals surface area contributed by atoms with Gasteiger partial charge in [0.1, 0.15) is 12.2 Å². The molecule has 0 saturated carbocycles. The zero-order chi connectivity index (χ0) is 18.7. The SMILES string of the molecule is CCc1noc(-c2c(C)cc(C)n2CC(=O)Nc2ccccc2CC)n1. The minimum atomic E-state index is -0.0823. The summed E-state index contributed by atoms with van der Waals surface area (Å²) in [5.74, 6) is 1.03. The van der Waals surface area contributed by atoms with E-state index in [1.165, 1.54) is 0 Å². The van der Waals surface area contributed by atoms with Crippen LogP contribution in [0.5, 0.6) is 0 Å². The number of nitrogens with zero attached hydrogens (tertiary/aromatic N) is 3. The smallest absolute Gasteiger partial charge is 0.274 e. The van der Waals surface area contributed by atoms with Crippen molar-refractivity contribution in [3.63, 3.8) is 0 Å². The van der Waals surface area contributed by atoms with Gasteiger partial charge in [-0.1, -0.05) is 37.2 Å². The molecule has 26 heavy (non-hydrogen) atoms. The van der Waals surface area contributed by atoms with Crippen molar-refractivity contribution in [2.75, 3.05) is 5.32 Å². The Morgan fingerprint density at radius 3 is 2.65 bits per heavy atom. The lowest BCUT2D eigenvalue weighted by atomic mass is 10.1. The van der Waals surface area contributed by atoms with E-state index in [0.717, 1.165) is 34.6 Å². The van der Waals surface area contributed by atoms with Crippen LogP contribution >= 0.6 is 0 Å². The fourth-order valence-electron chi connectivity index (χ4n) is 3.11. The highest BCUT2D eigenvalue weighted by Gasteiger charge is 2.20. The minimum Gasteiger partial charge on any atom is -0.332 e. The van der Waals surface area contributed by atoms with Gasteiger partial charge < -0.3 is 14.4 Å². The van der Waals surface area contributed by atoms with Gasteiger partial charge in [0.25, 0.3) is 5.89 Å². The van der Waals surface area contributed by atoms with Gasteiger partial charge in [0.05, 0.1) is 0 Å². The number of para-hydroxylation sites is 1. The molecule has 0 aliphatic heterocycles. The van der Waals surface area contributed by atoms with E-state index in [1.807, 2.05) is 55.7 Å². The van der Waals surface area contributed by atoms with Gasteiger partial charge >= 0.3 is 0 Å². The molecule has 0 saturated heterocycles. The molecule has 1 aromatic carbocycles. The molecule has 2 aromatic heterocycles. The molecule has 0 bridgehead atoms. The lowest BCUT2D eigenvalue weighted by molar-refractivity contribution is -0.116. The maximum absolute atomic E-state index is 12.7. The number of carbonyl (C=O) groups is 1. The molecule has 0 aliphatic carbocycles. The van der Waals surface area contributed by atoms with Gasteiger partial charge in [-0.3, -0.25) is 4.79 Å². The van der Waals surface area contributed by atoms with Crippen molar-refractivity contribution in [2.24, 2.45) is 0 Å². The topological polar surface area (TPSA) is 73.0 Å². The fourth-order valence-corrected chi connectivity index (χ4v) is 3.11. The van der Waals surface area contributed by atoms with Crippen molar-refractivity contribution in [2.45, 2.75) is 47.1 Å². The number of hydrogen-bond donors (Lipinski definition) is 1. The van der Waals surface area contributed by atoms with E-state index in [0.29, 0.717) is 18.1 Å². The van der Waals surface area contributed by atoms with Crippen molar-refractivity contribution < 1.29 is 9.32 Å². The Labute approximate surface area is 153 Å². The molecule has 0 aliphatic rings. The number of benzene rings is 1. The monoisotopic (exact) mass is 352 g/mol. The molecule has 0 atom stereocenters. The molecule has 1 N–H and O–H groups in total. The Hall–Kier alpha value is -2.89. The van der Waals surface area contributed by atoms with Crippen LogP contribution in [0.15, 0.2) is 34.9 Å². The van der Waals surface area contributed by atoms with E-state index in [1.54, 1.807) is 0 Å². The quantitative estimate of drug-likeness (QED) is 0.730.